The van der Waals surface area contributed by atoms with Gasteiger partial charge in [-0.15, -0.1) is 0 Å². The molecule has 2 aliphatic rings. The van der Waals surface area contributed by atoms with Crippen molar-refractivity contribution in [3.05, 3.63) is 0 Å². The Labute approximate surface area is 111 Å². The molecule has 0 spiro atoms. The van der Waals surface area contributed by atoms with E-state index in [1.165, 1.54) is 25.7 Å². The molecular weight excluding hydrogens is 248 g/mol. The monoisotopic (exact) mass is 274 g/mol. The molecule has 0 amide bonds. The average molecular weight is 274 g/mol. The van der Waals surface area contributed by atoms with Crippen molar-refractivity contribution in [3.8, 4) is 0 Å². The lowest BCUT2D eigenvalue weighted by atomic mass is 9.89. The van der Waals surface area contributed by atoms with Crippen LogP contribution in [0.5, 0.6) is 0 Å². The van der Waals surface area contributed by atoms with Crippen LogP contribution in [0.25, 0.3) is 0 Å². The van der Waals surface area contributed by atoms with E-state index in [1.807, 2.05) is 13.8 Å². The maximum atomic E-state index is 11.8. The van der Waals surface area contributed by atoms with Gasteiger partial charge in [0.05, 0.1) is 5.75 Å². The lowest BCUT2D eigenvalue weighted by Gasteiger charge is -2.21. The van der Waals surface area contributed by atoms with Gasteiger partial charge in [-0.2, -0.15) is 0 Å². The predicted molar refractivity (Wildman–Crippen MR) is 73.9 cm³/mol. The summed E-state index contributed by atoms with van der Waals surface area (Å²) in [6.07, 6.45) is 5.25. The molecule has 0 aromatic carbocycles. The summed E-state index contributed by atoms with van der Waals surface area (Å²) in [5.74, 6) is 2.45. The summed E-state index contributed by atoms with van der Waals surface area (Å²) < 4.78 is 26.4. The van der Waals surface area contributed by atoms with Crippen molar-refractivity contribution in [2.75, 3.05) is 18.8 Å². The molecule has 4 nitrogen and oxygen atoms in total. The van der Waals surface area contributed by atoms with Gasteiger partial charge in [-0.25, -0.2) is 13.1 Å². The van der Waals surface area contributed by atoms with Crippen LogP contribution in [0.4, 0.5) is 0 Å². The molecular formula is C13H26N2O2S. The van der Waals surface area contributed by atoms with Crippen molar-refractivity contribution in [1.29, 1.82) is 0 Å². The van der Waals surface area contributed by atoms with Gasteiger partial charge in [0, 0.05) is 19.1 Å². The second-order valence-electron chi connectivity index (χ2n) is 6.21. The Morgan fingerprint density at radius 3 is 2.56 bits per heavy atom. The summed E-state index contributed by atoms with van der Waals surface area (Å²) in [6.45, 7) is 5.24. The maximum absolute atomic E-state index is 11.8. The quantitative estimate of drug-likeness (QED) is 0.736. The molecule has 2 bridgehead atoms. The lowest BCUT2D eigenvalue weighted by Crippen LogP contribution is -2.37. The van der Waals surface area contributed by atoms with E-state index in [1.54, 1.807) is 0 Å². The number of hydrogen-bond donors (Lipinski definition) is 2. The Bertz CT molecular complexity index is 367. The van der Waals surface area contributed by atoms with E-state index in [-0.39, 0.29) is 5.75 Å². The first-order valence-electron chi connectivity index (χ1n) is 7.17. The molecule has 18 heavy (non-hydrogen) atoms. The number of fused-ring (bicyclic) bond motifs is 2. The Morgan fingerprint density at radius 2 is 2.00 bits per heavy atom. The number of hydrogen-bond acceptors (Lipinski definition) is 3. The normalized spacial score (nSPS) is 31.4. The highest BCUT2D eigenvalue weighted by atomic mass is 32.2. The van der Waals surface area contributed by atoms with E-state index in [0.29, 0.717) is 25.0 Å². The van der Waals surface area contributed by atoms with Gasteiger partial charge in [-0.3, -0.25) is 0 Å². The first-order valence-corrected chi connectivity index (χ1v) is 8.82. The SMILES string of the molecule is CC(C)NCCS(=O)(=O)NCC1CC2CCC1C2. The summed E-state index contributed by atoms with van der Waals surface area (Å²) in [5.41, 5.74) is 0. The van der Waals surface area contributed by atoms with E-state index in [4.69, 9.17) is 0 Å². The van der Waals surface area contributed by atoms with Crippen molar-refractivity contribution in [2.24, 2.45) is 17.8 Å². The third-order valence-electron chi connectivity index (χ3n) is 4.37. The molecule has 3 atom stereocenters. The highest BCUT2D eigenvalue weighted by Crippen LogP contribution is 2.47. The topological polar surface area (TPSA) is 58.2 Å². The third kappa shape index (κ3) is 3.93. The lowest BCUT2D eigenvalue weighted by molar-refractivity contribution is 0.332. The molecule has 3 unspecified atom stereocenters. The molecule has 2 aliphatic carbocycles. The van der Waals surface area contributed by atoms with Gasteiger partial charge < -0.3 is 5.32 Å². The minimum absolute atomic E-state index is 0.187. The number of nitrogens with one attached hydrogen (secondary N) is 2. The van der Waals surface area contributed by atoms with Gasteiger partial charge in [-0.05, 0) is 37.0 Å². The van der Waals surface area contributed by atoms with Gasteiger partial charge in [0.2, 0.25) is 10.0 Å². The van der Waals surface area contributed by atoms with Crippen LogP contribution in [0.15, 0.2) is 0 Å². The van der Waals surface area contributed by atoms with Gasteiger partial charge in [0.15, 0.2) is 0 Å². The molecule has 5 heteroatoms. The molecule has 0 aromatic heterocycles. The highest BCUT2D eigenvalue weighted by Gasteiger charge is 2.39. The van der Waals surface area contributed by atoms with Crippen LogP contribution in [-0.4, -0.2) is 33.3 Å². The van der Waals surface area contributed by atoms with E-state index in [9.17, 15) is 8.42 Å². The molecule has 0 saturated heterocycles. The van der Waals surface area contributed by atoms with E-state index in [2.05, 4.69) is 10.0 Å². The fraction of sp³-hybridized carbons (Fsp3) is 1.00. The molecule has 0 aliphatic heterocycles. The first kappa shape index (κ1) is 14.3. The number of rotatable bonds is 7. The highest BCUT2D eigenvalue weighted by molar-refractivity contribution is 7.89. The largest absolute Gasteiger partial charge is 0.313 e. The third-order valence-corrected chi connectivity index (χ3v) is 5.72. The Morgan fingerprint density at radius 1 is 1.22 bits per heavy atom. The van der Waals surface area contributed by atoms with Crippen molar-refractivity contribution in [1.82, 2.24) is 10.0 Å². The van der Waals surface area contributed by atoms with E-state index >= 15 is 0 Å². The van der Waals surface area contributed by atoms with Gasteiger partial charge in [0.1, 0.15) is 0 Å². The van der Waals surface area contributed by atoms with E-state index in [0.717, 1.165) is 11.8 Å². The summed E-state index contributed by atoms with van der Waals surface area (Å²) in [4.78, 5) is 0. The van der Waals surface area contributed by atoms with E-state index < -0.39 is 10.0 Å². The predicted octanol–water partition coefficient (Wildman–Crippen LogP) is 1.34. The average Bonchev–Trinajstić information content (AvgIpc) is 2.87. The van der Waals surface area contributed by atoms with Gasteiger partial charge in [-0.1, -0.05) is 20.3 Å². The van der Waals surface area contributed by atoms with Crippen LogP contribution in [0.1, 0.15) is 39.5 Å². The van der Waals surface area contributed by atoms with Crippen LogP contribution in [0.2, 0.25) is 0 Å². The summed E-state index contributed by atoms with van der Waals surface area (Å²) >= 11 is 0. The smallest absolute Gasteiger partial charge is 0.212 e. The standard InChI is InChI=1S/C13H26N2O2S/c1-10(2)14-5-6-18(16,17)15-9-13-8-11-3-4-12(13)7-11/h10-15H,3-9H2,1-2H3. The zero-order chi connectivity index (χ0) is 13.2. The summed E-state index contributed by atoms with van der Waals surface area (Å²) in [6, 6.07) is 0.339. The maximum Gasteiger partial charge on any atom is 0.212 e. The first-order chi connectivity index (χ1) is 8.46. The molecule has 0 aromatic rings. The van der Waals surface area contributed by atoms with Crippen molar-refractivity contribution in [3.63, 3.8) is 0 Å². The summed E-state index contributed by atoms with van der Waals surface area (Å²) in [5, 5.41) is 3.14. The van der Waals surface area contributed by atoms with Crippen molar-refractivity contribution in [2.45, 2.75) is 45.6 Å². The molecule has 2 rings (SSSR count). The molecule has 106 valence electrons. The minimum Gasteiger partial charge on any atom is -0.313 e. The van der Waals surface area contributed by atoms with Gasteiger partial charge in [0.25, 0.3) is 0 Å². The van der Waals surface area contributed by atoms with Crippen LogP contribution >= 0.6 is 0 Å². The second-order valence-corrected chi connectivity index (χ2v) is 8.14. The van der Waals surface area contributed by atoms with Crippen LogP contribution in [-0.2, 0) is 10.0 Å². The summed E-state index contributed by atoms with van der Waals surface area (Å²) in [7, 11) is -3.09. The fourth-order valence-electron chi connectivity index (χ4n) is 3.41. The van der Waals surface area contributed by atoms with Crippen LogP contribution in [0.3, 0.4) is 0 Å². The fourth-order valence-corrected chi connectivity index (χ4v) is 4.41. The Balaban J connectivity index is 1.69. The zero-order valence-corrected chi connectivity index (χ0v) is 12.3. The second kappa shape index (κ2) is 5.88. The molecule has 2 saturated carbocycles. The zero-order valence-electron chi connectivity index (χ0n) is 11.5. The molecule has 0 heterocycles. The van der Waals surface area contributed by atoms with Crippen molar-refractivity contribution < 1.29 is 8.42 Å². The van der Waals surface area contributed by atoms with Crippen LogP contribution < -0.4 is 10.0 Å². The van der Waals surface area contributed by atoms with Gasteiger partial charge >= 0.3 is 0 Å². The van der Waals surface area contributed by atoms with Crippen molar-refractivity contribution >= 4 is 10.0 Å². The minimum atomic E-state index is -3.09. The molecule has 2 fully saturated rings. The molecule has 2 N–H and O–H groups in total. The van der Waals surface area contributed by atoms with Crippen LogP contribution in [0, 0.1) is 17.8 Å². The number of sulfonamides is 1. The Hall–Kier alpha value is -0.130. The molecule has 0 radical (unpaired) electrons. The Kier molecular flexibility index (Phi) is 4.67.